The van der Waals surface area contributed by atoms with E-state index in [-0.39, 0.29) is 11.5 Å². The van der Waals surface area contributed by atoms with Crippen molar-refractivity contribution in [3.05, 3.63) is 80.2 Å². The summed E-state index contributed by atoms with van der Waals surface area (Å²) in [5, 5.41) is 4.15. The summed E-state index contributed by atoms with van der Waals surface area (Å²) in [5.41, 5.74) is 2.19. The smallest absolute Gasteiger partial charge is 0.336 e. The lowest BCUT2D eigenvalue weighted by Crippen LogP contribution is -2.28. The molecule has 5 rings (SSSR count). The largest absolute Gasteiger partial charge is 0.423 e. The molecule has 150 valence electrons. The second-order valence-electron chi connectivity index (χ2n) is 7.59. The summed E-state index contributed by atoms with van der Waals surface area (Å²) in [5.74, 6) is 0.446. The highest BCUT2D eigenvalue weighted by Crippen LogP contribution is 2.22. The average Bonchev–Trinajstić information content (AvgIpc) is 2.73. The molecule has 1 aliphatic heterocycles. The van der Waals surface area contributed by atoms with Crippen LogP contribution in [-0.4, -0.2) is 15.5 Å². The number of rotatable bonds is 2. The molecule has 0 radical (unpaired) electrons. The van der Waals surface area contributed by atoms with Gasteiger partial charge in [-0.1, -0.05) is 0 Å². The van der Waals surface area contributed by atoms with E-state index in [1.807, 2.05) is 6.92 Å². The van der Waals surface area contributed by atoms with E-state index in [4.69, 9.17) is 4.42 Å². The van der Waals surface area contributed by atoms with E-state index in [1.165, 1.54) is 6.07 Å². The first-order valence-electron chi connectivity index (χ1n) is 9.89. The zero-order valence-electron chi connectivity index (χ0n) is 16.4. The lowest BCUT2D eigenvalue weighted by atomic mass is 10.1. The predicted molar refractivity (Wildman–Crippen MR) is 114 cm³/mol. The Labute approximate surface area is 171 Å². The van der Waals surface area contributed by atoms with Gasteiger partial charge in [-0.2, -0.15) is 0 Å². The van der Waals surface area contributed by atoms with Gasteiger partial charge >= 0.3 is 5.63 Å². The molecule has 0 atom stereocenters. The van der Waals surface area contributed by atoms with Crippen LogP contribution in [0.5, 0.6) is 0 Å². The molecule has 0 aliphatic carbocycles. The zero-order chi connectivity index (χ0) is 20.8. The standard InChI is InChI=1S/C23H19N3O4/c1-13-10-21(27)30-19-12-15(6-8-16(13)19)24-22(28)14-5-7-17-18(11-14)25-20-4-2-3-9-26(20)23(17)29/h5-8,10-12H,2-4,9H2,1H3,(H,24,28). The van der Waals surface area contributed by atoms with Crippen molar-refractivity contribution in [1.82, 2.24) is 9.55 Å². The fourth-order valence-corrected chi connectivity index (χ4v) is 3.99. The summed E-state index contributed by atoms with van der Waals surface area (Å²) in [6.45, 7) is 2.53. The van der Waals surface area contributed by atoms with Crippen LogP contribution in [0.25, 0.3) is 21.9 Å². The minimum Gasteiger partial charge on any atom is -0.423 e. The Kier molecular flexibility index (Phi) is 4.24. The summed E-state index contributed by atoms with van der Waals surface area (Å²) >= 11 is 0. The SMILES string of the molecule is Cc1cc(=O)oc2cc(NC(=O)c3ccc4c(=O)n5c(nc4c3)CCCC5)ccc12. The van der Waals surface area contributed by atoms with Crippen LogP contribution >= 0.6 is 0 Å². The first kappa shape index (κ1) is 18.3. The van der Waals surface area contributed by atoms with Gasteiger partial charge in [-0.15, -0.1) is 0 Å². The van der Waals surface area contributed by atoms with Crippen LogP contribution in [-0.2, 0) is 13.0 Å². The number of benzene rings is 2. The highest BCUT2D eigenvalue weighted by Gasteiger charge is 2.16. The summed E-state index contributed by atoms with van der Waals surface area (Å²) in [6.07, 6.45) is 2.75. The highest BCUT2D eigenvalue weighted by molar-refractivity contribution is 6.06. The number of nitrogens with one attached hydrogen (secondary N) is 1. The molecule has 3 heterocycles. The van der Waals surface area contributed by atoms with Crippen LogP contribution in [0.3, 0.4) is 0 Å². The molecule has 0 saturated carbocycles. The third-order valence-corrected chi connectivity index (χ3v) is 5.54. The second kappa shape index (κ2) is 6.95. The first-order chi connectivity index (χ1) is 14.5. The Morgan fingerprint density at radius 1 is 1.07 bits per heavy atom. The van der Waals surface area contributed by atoms with Crippen molar-refractivity contribution in [2.75, 3.05) is 5.32 Å². The number of hydrogen-bond donors (Lipinski definition) is 1. The molecule has 1 aliphatic rings. The van der Waals surface area contributed by atoms with E-state index >= 15 is 0 Å². The van der Waals surface area contributed by atoms with Gasteiger partial charge < -0.3 is 9.73 Å². The molecule has 2 aromatic carbocycles. The maximum absolute atomic E-state index is 12.8. The monoisotopic (exact) mass is 401 g/mol. The molecule has 0 unspecified atom stereocenters. The molecule has 0 spiro atoms. The minimum absolute atomic E-state index is 0.0541. The van der Waals surface area contributed by atoms with Crippen molar-refractivity contribution >= 4 is 33.5 Å². The minimum atomic E-state index is -0.432. The van der Waals surface area contributed by atoms with E-state index in [0.29, 0.717) is 34.3 Å². The van der Waals surface area contributed by atoms with Gasteiger partial charge in [-0.05, 0) is 55.7 Å². The number of anilines is 1. The van der Waals surface area contributed by atoms with E-state index in [0.717, 1.165) is 36.0 Å². The average molecular weight is 401 g/mol. The molecule has 1 N–H and O–H groups in total. The number of nitrogens with zero attached hydrogens (tertiary/aromatic N) is 2. The Hall–Kier alpha value is -3.74. The van der Waals surface area contributed by atoms with E-state index in [2.05, 4.69) is 10.3 Å². The van der Waals surface area contributed by atoms with Crippen LogP contribution < -0.4 is 16.5 Å². The Bertz CT molecular complexity index is 1450. The van der Waals surface area contributed by atoms with Crippen molar-refractivity contribution in [3.63, 3.8) is 0 Å². The normalized spacial score (nSPS) is 13.4. The van der Waals surface area contributed by atoms with Gasteiger partial charge in [-0.25, -0.2) is 9.78 Å². The topological polar surface area (TPSA) is 94.2 Å². The molecular weight excluding hydrogens is 382 g/mol. The zero-order valence-corrected chi connectivity index (χ0v) is 16.4. The maximum atomic E-state index is 12.8. The van der Waals surface area contributed by atoms with Crippen LogP contribution in [0.4, 0.5) is 5.69 Å². The summed E-state index contributed by atoms with van der Waals surface area (Å²) < 4.78 is 6.97. The first-order valence-corrected chi connectivity index (χ1v) is 9.89. The van der Waals surface area contributed by atoms with Crippen LogP contribution in [0.2, 0.25) is 0 Å². The summed E-state index contributed by atoms with van der Waals surface area (Å²) in [6, 6.07) is 11.6. The predicted octanol–water partition coefficient (Wildman–Crippen LogP) is 3.40. The van der Waals surface area contributed by atoms with Gasteiger partial charge in [-0.3, -0.25) is 14.2 Å². The van der Waals surface area contributed by atoms with Gasteiger partial charge in [0.25, 0.3) is 11.5 Å². The van der Waals surface area contributed by atoms with E-state index in [9.17, 15) is 14.4 Å². The number of carbonyl (C=O) groups is 1. The van der Waals surface area contributed by atoms with E-state index < -0.39 is 5.63 Å². The van der Waals surface area contributed by atoms with Gasteiger partial charge in [0.05, 0.1) is 10.9 Å². The van der Waals surface area contributed by atoms with E-state index in [1.54, 1.807) is 41.0 Å². The number of aryl methyl sites for hydroxylation is 2. The van der Waals surface area contributed by atoms with Gasteiger partial charge in [0, 0.05) is 41.7 Å². The molecule has 7 nitrogen and oxygen atoms in total. The molecule has 2 aromatic heterocycles. The Morgan fingerprint density at radius 2 is 1.90 bits per heavy atom. The third-order valence-electron chi connectivity index (χ3n) is 5.54. The van der Waals surface area contributed by atoms with Crippen LogP contribution in [0.15, 0.2) is 56.5 Å². The van der Waals surface area contributed by atoms with Crippen molar-refractivity contribution in [3.8, 4) is 0 Å². The van der Waals surface area contributed by atoms with Crippen molar-refractivity contribution < 1.29 is 9.21 Å². The Morgan fingerprint density at radius 3 is 2.77 bits per heavy atom. The number of aromatic nitrogens is 2. The van der Waals surface area contributed by atoms with Crippen molar-refractivity contribution in [2.24, 2.45) is 0 Å². The summed E-state index contributed by atoms with van der Waals surface area (Å²) in [7, 11) is 0. The van der Waals surface area contributed by atoms with Gasteiger partial charge in [0.1, 0.15) is 11.4 Å². The lowest BCUT2D eigenvalue weighted by Gasteiger charge is -2.17. The number of carbonyl (C=O) groups excluding carboxylic acids is 1. The molecule has 0 bridgehead atoms. The lowest BCUT2D eigenvalue weighted by molar-refractivity contribution is 0.102. The molecule has 0 saturated heterocycles. The summed E-state index contributed by atoms with van der Waals surface area (Å²) in [4.78, 5) is 41.7. The number of fused-ring (bicyclic) bond motifs is 3. The molecule has 1 amide bonds. The molecular formula is C23H19N3O4. The van der Waals surface area contributed by atoms with Gasteiger partial charge in [0.2, 0.25) is 0 Å². The van der Waals surface area contributed by atoms with Gasteiger partial charge in [0.15, 0.2) is 0 Å². The molecule has 7 heteroatoms. The van der Waals surface area contributed by atoms with Crippen molar-refractivity contribution in [2.45, 2.75) is 32.7 Å². The number of hydrogen-bond acceptors (Lipinski definition) is 5. The highest BCUT2D eigenvalue weighted by atomic mass is 16.4. The maximum Gasteiger partial charge on any atom is 0.336 e. The van der Waals surface area contributed by atoms with Crippen molar-refractivity contribution in [1.29, 1.82) is 0 Å². The van der Waals surface area contributed by atoms with Crippen LogP contribution in [0, 0.1) is 6.92 Å². The number of amides is 1. The fraction of sp³-hybridized carbons (Fsp3) is 0.217. The Balaban J connectivity index is 1.49. The fourth-order valence-electron chi connectivity index (χ4n) is 3.99. The van der Waals surface area contributed by atoms with Crippen LogP contribution in [0.1, 0.15) is 34.6 Å². The third kappa shape index (κ3) is 3.08. The molecule has 0 fully saturated rings. The molecule has 30 heavy (non-hydrogen) atoms. The molecule has 4 aromatic rings. The quantitative estimate of drug-likeness (QED) is 0.520. The second-order valence-corrected chi connectivity index (χ2v) is 7.59.